The van der Waals surface area contributed by atoms with E-state index < -0.39 is 7.82 Å². The molecule has 5 aromatic rings. The normalized spacial score (nSPS) is 11.3. The summed E-state index contributed by atoms with van der Waals surface area (Å²) in [4.78, 5) is 10.8. The van der Waals surface area contributed by atoms with Gasteiger partial charge < -0.3 is 13.6 Å². The van der Waals surface area contributed by atoms with E-state index >= 15 is 0 Å². The maximum absolute atomic E-state index is 13.7. The van der Waals surface area contributed by atoms with E-state index in [4.69, 9.17) is 23.3 Å². The average Bonchev–Trinajstić information content (AvgIpc) is 2.98. The number of phosphoric acid groups is 1. The van der Waals surface area contributed by atoms with Crippen LogP contribution in [0.2, 0.25) is 0 Å². The molecule has 0 aliphatic rings. The number of benzene rings is 5. The highest BCUT2D eigenvalue weighted by Crippen LogP contribution is 2.50. The molecule has 40 heavy (non-hydrogen) atoms. The van der Waals surface area contributed by atoms with Crippen molar-refractivity contribution < 1.29 is 27.9 Å². The average molecular weight is 553 g/mol. The molecule has 0 amide bonds. The monoisotopic (exact) mass is 552 g/mol. The molecule has 7 heteroatoms. The first kappa shape index (κ1) is 26.9. The van der Waals surface area contributed by atoms with E-state index in [0.717, 1.165) is 11.1 Å². The molecule has 0 bridgehead atoms. The molecule has 5 rings (SSSR count). The first-order chi connectivity index (χ1) is 19.4. The molecule has 5 aromatic carbocycles. The second-order valence-corrected chi connectivity index (χ2v) is 10.9. The Balaban J connectivity index is 1.29. The molecule has 0 aliphatic carbocycles. The topological polar surface area (TPSA) is 63.2 Å². The van der Waals surface area contributed by atoms with Crippen LogP contribution in [0.25, 0.3) is 0 Å². The van der Waals surface area contributed by atoms with Crippen LogP contribution in [0.4, 0.5) is 0 Å². The molecule has 0 heterocycles. The molecule has 0 saturated heterocycles. The van der Waals surface area contributed by atoms with Crippen molar-refractivity contribution in [3.63, 3.8) is 0 Å². The zero-order valence-electron chi connectivity index (χ0n) is 22.2. The third-order valence-electron chi connectivity index (χ3n) is 6.27. The van der Waals surface area contributed by atoms with Crippen LogP contribution in [0, 0.1) is 0 Å². The van der Waals surface area contributed by atoms with Crippen LogP contribution < -0.4 is 23.3 Å². The summed E-state index contributed by atoms with van der Waals surface area (Å²) in [5, 5.41) is 0. The molecule has 0 atom stereocenters. The largest absolute Gasteiger partial charge is 0.647 e. The van der Waals surface area contributed by atoms with Crippen molar-refractivity contribution in [1.82, 2.24) is 0 Å². The van der Waals surface area contributed by atoms with Gasteiger partial charge >= 0.3 is 7.82 Å². The quantitative estimate of drug-likeness (QED) is 0.0926. The van der Waals surface area contributed by atoms with Crippen LogP contribution in [0.1, 0.15) is 25.0 Å². The summed E-state index contributed by atoms with van der Waals surface area (Å²) in [5.41, 5.74) is 1.79. The molecule has 0 unspecified atom stereocenters. The Labute approximate surface area is 234 Å². The van der Waals surface area contributed by atoms with E-state index in [0.29, 0.717) is 28.7 Å². The van der Waals surface area contributed by atoms with Crippen LogP contribution in [-0.4, -0.2) is 0 Å². The third-order valence-corrected chi connectivity index (χ3v) is 7.57. The van der Waals surface area contributed by atoms with Crippen molar-refractivity contribution in [2.45, 2.75) is 19.3 Å². The maximum atomic E-state index is 13.7. The Bertz CT molecular complexity index is 1490. The second-order valence-electron chi connectivity index (χ2n) is 9.50. The molecule has 0 aliphatic heterocycles. The number of hydrogen-bond donors (Lipinski definition) is 0. The minimum atomic E-state index is -4.06. The van der Waals surface area contributed by atoms with Crippen molar-refractivity contribution in [3.8, 4) is 28.7 Å². The zero-order chi connectivity index (χ0) is 27.8. The van der Waals surface area contributed by atoms with Gasteiger partial charge in [-0.1, -0.05) is 92.7 Å². The van der Waals surface area contributed by atoms with E-state index in [2.05, 4.69) is 13.8 Å². The number of hydrogen-bond acceptors (Lipinski definition) is 6. The number of rotatable bonds is 11. The Morgan fingerprint density at radius 2 is 0.725 bits per heavy atom. The van der Waals surface area contributed by atoms with Gasteiger partial charge in [0.05, 0.1) is 0 Å². The van der Waals surface area contributed by atoms with Gasteiger partial charge in [-0.15, -0.1) is 0 Å². The summed E-state index contributed by atoms with van der Waals surface area (Å²) in [5.74, 6) is 2.33. The van der Waals surface area contributed by atoms with Gasteiger partial charge in [-0.3, -0.25) is 9.78 Å². The smallest absolute Gasteiger partial charge is 0.386 e. The molecule has 6 nitrogen and oxygen atoms in total. The lowest BCUT2D eigenvalue weighted by atomic mass is 9.78. The predicted octanol–water partition coefficient (Wildman–Crippen LogP) is 9.03. The first-order valence-corrected chi connectivity index (χ1v) is 14.3. The highest BCUT2D eigenvalue weighted by Gasteiger charge is 2.33. The summed E-state index contributed by atoms with van der Waals surface area (Å²) in [6.45, 7) is 4.25. The van der Waals surface area contributed by atoms with Crippen LogP contribution in [-0.2, 0) is 9.98 Å². The highest BCUT2D eigenvalue weighted by atomic mass is 31.2. The van der Waals surface area contributed by atoms with Gasteiger partial charge in [0.1, 0.15) is 17.2 Å². The maximum Gasteiger partial charge on any atom is 0.647 e. The summed E-state index contributed by atoms with van der Waals surface area (Å²) in [6.07, 6.45) is 0. The number of phosphoric ester groups is 1. The predicted molar refractivity (Wildman–Crippen MR) is 155 cm³/mol. The van der Waals surface area contributed by atoms with Crippen LogP contribution in [0.5, 0.6) is 28.7 Å². The van der Waals surface area contributed by atoms with E-state index in [9.17, 15) is 4.57 Å². The number of para-hydroxylation sites is 3. The molecule has 0 N–H and O–H groups in total. The van der Waals surface area contributed by atoms with Gasteiger partial charge in [-0.2, -0.15) is 4.57 Å². The fraction of sp³-hybridized carbons (Fsp3) is 0.0909. The lowest BCUT2D eigenvalue weighted by molar-refractivity contribution is -0.0999. The lowest BCUT2D eigenvalue weighted by Crippen LogP contribution is -2.18. The van der Waals surface area contributed by atoms with Crippen LogP contribution in [0.3, 0.4) is 0 Å². The molecule has 202 valence electrons. The summed E-state index contributed by atoms with van der Waals surface area (Å²) in [6, 6.07) is 42.1. The Kier molecular flexibility index (Phi) is 8.09. The fourth-order valence-electron chi connectivity index (χ4n) is 4.00. The van der Waals surface area contributed by atoms with Crippen molar-refractivity contribution in [2.24, 2.45) is 0 Å². The van der Waals surface area contributed by atoms with Crippen LogP contribution >= 0.6 is 7.82 Å². The summed E-state index contributed by atoms with van der Waals surface area (Å²) >= 11 is 0. The Morgan fingerprint density at radius 3 is 1.12 bits per heavy atom. The third kappa shape index (κ3) is 6.85. The summed E-state index contributed by atoms with van der Waals surface area (Å²) in [7, 11) is -4.06. The molecule has 0 spiro atoms. The van der Waals surface area contributed by atoms with Gasteiger partial charge in [0.25, 0.3) is 0 Å². The van der Waals surface area contributed by atoms with Crippen LogP contribution in [0.15, 0.2) is 140 Å². The van der Waals surface area contributed by atoms with Gasteiger partial charge in [0, 0.05) is 5.41 Å². The van der Waals surface area contributed by atoms with E-state index in [1.165, 1.54) is 0 Å². The van der Waals surface area contributed by atoms with Gasteiger partial charge in [0.15, 0.2) is 11.5 Å². The fourth-order valence-corrected chi connectivity index (χ4v) is 5.26. The highest BCUT2D eigenvalue weighted by molar-refractivity contribution is 7.49. The van der Waals surface area contributed by atoms with Crippen molar-refractivity contribution in [3.05, 3.63) is 151 Å². The van der Waals surface area contributed by atoms with Gasteiger partial charge in [0.2, 0.25) is 0 Å². The van der Waals surface area contributed by atoms with Crippen molar-refractivity contribution in [2.75, 3.05) is 0 Å². The van der Waals surface area contributed by atoms with Crippen molar-refractivity contribution in [1.29, 1.82) is 0 Å². The summed E-state index contributed by atoms with van der Waals surface area (Å²) < 4.78 is 31.0. The van der Waals surface area contributed by atoms with Gasteiger partial charge in [-0.25, -0.2) is 0 Å². The second kappa shape index (κ2) is 12.0. The molecular formula is C33H29O6P. The zero-order valence-corrected chi connectivity index (χ0v) is 23.1. The molecule has 0 fully saturated rings. The Morgan fingerprint density at radius 1 is 0.425 bits per heavy atom. The first-order valence-electron chi connectivity index (χ1n) is 12.8. The molecule has 0 radical (unpaired) electrons. The molecule has 0 aromatic heterocycles. The Hall–Kier alpha value is -4.67. The van der Waals surface area contributed by atoms with E-state index in [-0.39, 0.29) is 5.41 Å². The lowest BCUT2D eigenvalue weighted by Gasteiger charge is -2.26. The van der Waals surface area contributed by atoms with Crippen molar-refractivity contribution >= 4 is 7.82 Å². The molecule has 0 saturated carbocycles. The minimum Gasteiger partial charge on any atom is -0.386 e. The SMILES string of the molecule is CC(C)(c1ccc(OOc2ccccc2)cc1)c1ccc(OP(=O)(Oc2ccccc2)Oc2ccccc2)cc1. The molecular weight excluding hydrogens is 523 g/mol. The van der Waals surface area contributed by atoms with Gasteiger partial charge in [-0.05, 0) is 71.8 Å². The minimum absolute atomic E-state index is 0.331. The van der Waals surface area contributed by atoms with E-state index in [1.807, 2.05) is 78.9 Å². The van der Waals surface area contributed by atoms with E-state index in [1.54, 1.807) is 60.7 Å². The standard InChI is InChI=1S/C33H29O6P/c1-33(2,26-18-22-29(23-19-26)36-35-28-12-6-3-7-13-28)27-20-24-32(25-21-27)39-40(34,37-30-14-8-4-9-15-30)38-31-16-10-5-11-17-31/h3-25H,1-2H3.